The van der Waals surface area contributed by atoms with Gasteiger partial charge in [0.15, 0.2) is 0 Å². The lowest BCUT2D eigenvalue weighted by Crippen LogP contribution is -2.20. The van der Waals surface area contributed by atoms with Crippen LogP contribution in [0.5, 0.6) is 0 Å². The summed E-state index contributed by atoms with van der Waals surface area (Å²) in [4.78, 5) is 10.1. The van der Waals surface area contributed by atoms with Gasteiger partial charge < -0.3 is 5.32 Å². The average molecular weight is 233 g/mol. The van der Waals surface area contributed by atoms with Crippen LogP contribution in [-0.4, -0.2) is 17.0 Å². The maximum absolute atomic E-state index is 4.36. The molecule has 0 bridgehead atoms. The Kier molecular flexibility index (Phi) is 3.64. The molecule has 2 rings (SSSR count). The molecule has 0 fully saturated rings. The highest BCUT2D eigenvalue weighted by Crippen LogP contribution is 2.18. The fourth-order valence-electron chi connectivity index (χ4n) is 1.53. The maximum atomic E-state index is 4.36. The first-order valence-electron chi connectivity index (χ1n) is 5.28. The Morgan fingerprint density at radius 3 is 2.69 bits per heavy atom. The molecule has 0 aromatic carbocycles. The van der Waals surface area contributed by atoms with Gasteiger partial charge in [0.1, 0.15) is 5.82 Å². The molecule has 0 aliphatic rings. The van der Waals surface area contributed by atoms with E-state index in [0.29, 0.717) is 0 Å². The molecular formula is C12H15N3S. The van der Waals surface area contributed by atoms with E-state index in [1.165, 1.54) is 4.88 Å². The Labute approximate surface area is 99.6 Å². The number of hydrogen-bond donors (Lipinski definition) is 1. The minimum atomic E-state index is 0.194. The van der Waals surface area contributed by atoms with Crippen molar-refractivity contribution in [2.45, 2.75) is 19.4 Å². The zero-order chi connectivity index (χ0) is 11.4. The van der Waals surface area contributed by atoms with Crippen molar-refractivity contribution in [3.05, 3.63) is 46.2 Å². The molecule has 1 unspecified atom stereocenters. The number of nitrogens with one attached hydrogen (secondary N) is 1. The Bertz CT molecular complexity index is 422. The summed E-state index contributed by atoms with van der Waals surface area (Å²) in [6, 6.07) is 4.41. The molecule has 1 N–H and O–H groups in total. The van der Waals surface area contributed by atoms with Crippen molar-refractivity contribution in [1.29, 1.82) is 0 Å². The Morgan fingerprint density at radius 2 is 2.12 bits per heavy atom. The number of likely N-dealkylation sites (N-methyl/N-ethyl adjacent to an activating group) is 1. The largest absolute Gasteiger partial charge is 0.310 e. The SMILES string of the molecule is CNC(Cc1cccs1)c1ncc(C)cn1. The van der Waals surface area contributed by atoms with Gasteiger partial charge in [-0.15, -0.1) is 11.3 Å². The van der Waals surface area contributed by atoms with Gasteiger partial charge in [0, 0.05) is 23.7 Å². The molecule has 0 aliphatic heterocycles. The van der Waals surface area contributed by atoms with Crippen molar-refractivity contribution >= 4 is 11.3 Å². The highest BCUT2D eigenvalue weighted by Gasteiger charge is 2.13. The van der Waals surface area contributed by atoms with Crippen molar-refractivity contribution in [2.75, 3.05) is 7.05 Å². The number of thiophene rings is 1. The van der Waals surface area contributed by atoms with Gasteiger partial charge in [-0.05, 0) is 31.0 Å². The number of aromatic nitrogens is 2. The van der Waals surface area contributed by atoms with E-state index >= 15 is 0 Å². The van der Waals surface area contributed by atoms with Gasteiger partial charge in [-0.1, -0.05) is 6.07 Å². The summed E-state index contributed by atoms with van der Waals surface area (Å²) >= 11 is 1.77. The first-order chi connectivity index (χ1) is 7.79. The summed E-state index contributed by atoms with van der Waals surface area (Å²) in [7, 11) is 1.95. The first-order valence-corrected chi connectivity index (χ1v) is 6.15. The van der Waals surface area contributed by atoms with Crippen LogP contribution in [0.4, 0.5) is 0 Å². The highest BCUT2D eigenvalue weighted by molar-refractivity contribution is 7.09. The van der Waals surface area contributed by atoms with Crippen LogP contribution in [0.3, 0.4) is 0 Å². The van der Waals surface area contributed by atoms with Crippen molar-refractivity contribution in [1.82, 2.24) is 15.3 Å². The Hall–Kier alpha value is -1.26. The third-order valence-corrected chi connectivity index (χ3v) is 3.35. The van der Waals surface area contributed by atoms with Crippen molar-refractivity contribution < 1.29 is 0 Å². The molecule has 0 radical (unpaired) electrons. The quantitative estimate of drug-likeness (QED) is 0.881. The minimum absolute atomic E-state index is 0.194. The number of aryl methyl sites for hydroxylation is 1. The third kappa shape index (κ3) is 2.65. The minimum Gasteiger partial charge on any atom is -0.310 e. The molecule has 16 heavy (non-hydrogen) atoms. The zero-order valence-corrected chi connectivity index (χ0v) is 10.3. The maximum Gasteiger partial charge on any atom is 0.145 e. The van der Waals surface area contributed by atoms with E-state index in [0.717, 1.165) is 17.8 Å². The molecule has 0 spiro atoms. The van der Waals surface area contributed by atoms with Gasteiger partial charge in [-0.25, -0.2) is 9.97 Å². The summed E-state index contributed by atoms with van der Waals surface area (Å²) in [5.74, 6) is 0.863. The van der Waals surface area contributed by atoms with Crippen LogP contribution in [0, 0.1) is 6.92 Å². The lowest BCUT2D eigenvalue weighted by molar-refractivity contribution is 0.560. The molecule has 2 aromatic rings. The molecule has 2 heterocycles. The fourth-order valence-corrected chi connectivity index (χ4v) is 2.29. The van der Waals surface area contributed by atoms with E-state index in [9.17, 15) is 0 Å². The van der Waals surface area contributed by atoms with Gasteiger partial charge in [-0.2, -0.15) is 0 Å². The van der Waals surface area contributed by atoms with Crippen LogP contribution in [-0.2, 0) is 6.42 Å². The van der Waals surface area contributed by atoms with E-state index in [2.05, 4.69) is 32.8 Å². The number of nitrogens with zero attached hydrogens (tertiary/aromatic N) is 2. The predicted molar refractivity (Wildman–Crippen MR) is 66.6 cm³/mol. The molecule has 0 saturated heterocycles. The van der Waals surface area contributed by atoms with Gasteiger partial charge in [-0.3, -0.25) is 0 Å². The van der Waals surface area contributed by atoms with Crippen LogP contribution in [0.25, 0.3) is 0 Å². The van der Waals surface area contributed by atoms with Crippen LogP contribution in [0.2, 0.25) is 0 Å². The van der Waals surface area contributed by atoms with Crippen molar-refractivity contribution in [3.8, 4) is 0 Å². The van der Waals surface area contributed by atoms with Gasteiger partial charge in [0.05, 0.1) is 6.04 Å². The van der Waals surface area contributed by atoms with E-state index in [-0.39, 0.29) is 6.04 Å². The van der Waals surface area contributed by atoms with Crippen LogP contribution < -0.4 is 5.32 Å². The van der Waals surface area contributed by atoms with E-state index in [1.54, 1.807) is 11.3 Å². The topological polar surface area (TPSA) is 37.8 Å². The summed E-state index contributed by atoms with van der Waals surface area (Å²) < 4.78 is 0. The number of hydrogen-bond acceptors (Lipinski definition) is 4. The molecule has 1 atom stereocenters. The molecule has 0 aliphatic carbocycles. The second-order valence-electron chi connectivity index (χ2n) is 3.74. The molecule has 2 aromatic heterocycles. The molecule has 0 saturated carbocycles. The van der Waals surface area contributed by atoms with Gasteiger partial charge in [0.2, 0.25) is 0 Å². The summed E-state index contributed by atoms with van der Waals surface area (Å²) in [5, 5.41) is 5.35. The lowest BCUT2D eigenvalue weighted by atomic mass is 10.1. The lowest BCUT2D eigenvalue weighted by Gasteiger charge is -2.13. The molecule has 3 nitrogen and oxygen atoms in total. The highest BCUT2D eigenvalue weighted by atomic mass is 32.1. The molecular weight excluding hydrogens is 218 g/mol. The van der Waals surface area contributed by atoms with Crippen LogP contribution in [0.1, 0.15) is 22.3 Å². The third-order valence-electron chi connectivity index (χ3n) is 2.45. The van der Waals surface area contributed by atoms with Crippen molar-refractivity contribution in [2.24, 2.45) is 0 Å². The Morgan fingerprint density at radius 1 is 1.38 bits per heavy atom. The second-order valence-corrected chi connectivity index (χ2v) is 4.78. The molecule has 0 amide bonds. The van der Waals surface area contributed by atoms with E-state index in [1.807, 2.05) is 26.4 Å². The van der Waals surface area contributed by atoms with Crippen LogP contribution in [0.15, 0.2) is 29.9 Å². The smallest absolute Gasteiger partial charge is 0.145 e. The monoisotopic (exact) mass is 233 g/mol. The van der Waals surface area contributed by atoms with Crippen LogP contribution >= 0.6 is 11.3 Å². The summed E-state index contributed by atoms with van der Waals surface area (Å²) in [6.45, 7) is 2.00. The fraction of sp³-hybridized carbons (Fsp3) is 0.333. The molecule has 4 heteroatoms. The average Bonchev–Trinajstić information content (AvgIpc) is 2.80. The van der Waals surface area contributed by atoms with Crippen molar-refractivity contribution in [3.63, 3.8) is 0 Å². The standard InChI is InChI=1S/C12H15N3S/c1-9-7-14-12(15-8-9)11(13-2)6-10-4-3-5-16-10/h3-5,7-8,11,13H,6H2,1-2H3. The predicted octanol–water partition coefficient (Wildman–Crippen LogP) is 2.35. The summed E-state index contributed by atoms with van der Waals surface area (Å²) in [5.41, 5.74) is 1.09. The van der Waals surface area contributed by atoms with E-state index < -0.39 is 0 Å². The number of rotatable bonds is 4. The normalized spacial score (nSPS) is 12.6. The summed E-state index contributed by atoms with van der Waals surface area (Å²) in [6.07, 6.45) is 4.67. The molecule has 84 valence electrons. The first kappa shape index (κ1) is 11.2. The van der Waals surface area contributed by atoms with Gasteiger partial charge >= 0.3 is 0 Å². The zero-order valence-electron chi connectivity index (χ0n) is 9.47. The van der Waals surface area contributed by atoms with E-state index in [4.69, 9.17) is 0 Å². The second kappa shape index (κ2) is 5.18. The van der Waals surface area contributed by atoms with Gasteiger partial charge in [0.25, 0.3) is 0 Å². The Balaban J connectivity index is 2.13.